The molecular weight excluding hydrogens is 930 g/mol. The molecule has 3 N–H and O–H groups in total. The lowest BCUT2D eigenvalue weighted by Gasteiger charge is -2.33. The fourth-order valence-electron chi connectivity index (χ4n) is 6.35. The van der Waals surface area contributed by atoms with Gasteiger partial charge in [-0.15, -0.1) is 11.8 Å². The third kappa shape index (κ3) is 20.6. The van der Waals surface area contributed by atoms with Crippen molar-refractivity contribution in [3.8, 4) is 0 Å². The molecule has 0 saturated carbocycles. The Labute approximate surface area is 403 Å². The van der Waals surface area contributed by atoms with E-state index in [0.29, 0.717) is 29.4 Å². The monoisotopic (exact) mass is 996 g/mol. The van der Waals surface area contributed by atoms with Crippen molar-refractivity contribution in [3.63, 3.8) is 0 Å². The van der Waals surface area contributed by atoms with Crippen LogP contribution in [0.2, 0.25) is 5.02 Å². The van der Waals surface area contributed by atoms with E-state index < -0.39 is 88.9 Å². The number of likely N-dealkylation sites (N-methyl/N-ethyl adjacent to an activating group) is 2. The number of aliphatic hydroxyl groups is 1. The maximum atomic E-state index is 14.2. The maximum Gasteiger partial charge on any atom is 0.334 e. The highest BCUT2D eigenvalue weighted by Crippen LogP contribution is 2.27. The summed E-state index contributed by atoms with van der Waals surface area (Å²) in [5.74, 6) is -4.54. The fourth-order valence-corrected chi connectivity index (χ4v) is 6.95. The van der Waals surface area contributed by atoms with Crippen molar-refractivity contribution in [3.05, 3.63) is 58.1 Å². The number of esters is 2. The first-order valence-corrected chi connectivity index (χ1v) is 24.1. The van der Waals surface area contributed by atoms with Crippen LogP contribution in [0.1, 0.15) is 87.1 Å². The molecule has 19 heteroatoms. The van der Waals surface area contributed by atoms with Crippen molar-refractivity contribution in [1.29, 1.82) is 0 Å². The normalized spacial score (nSPS) is 16.0. The Morgan fingerprint density at radius 1 is 0.953 bits per heavy atom. The van der Waals surface area contributed by atoms with Gasteiger partial charge in [0.15, 0.2) is 6.10 Å². The molecule has 1 aromatic carbocycles. The molecule has 0 radical (unpaired) electrons. The molecule has 14 nitrogen and oxygen atoms in total. The van der Waals surface area contributed by atoms with E-state index in [-0.39, 0.29) is 36.2 Å². The Hall–Kier alpha value is -3.05. The van der Waals surface area contributed by atoms with Crippen LogP contribution >= 0.6 is 58.2 Å². The maximum absolute atomic E-state index is 14.2. The van der Waals surface area contributed by atoms with Gasteiger partial charge in [-0.05, 0) is 81.9 Å². The second-order valence-electron chi connectivity index (χ2n) is 16.5. The molecule has 362 valence electrons. The molecule has 0 spiro atoms. The van der Waals surface area contributed by atoms with Crippen molar-refractivity contribution in [2.24, 2.45) is 17.8 Å². The largest absolute Gasteiger partial charge is 0.460 e. The highest BCUT2D eigenvalue weighted by molar-refractivity contribution is 7.98. The van der Waals surface area contributed by atoms with E-state index in [2.05, 4.69) is 10.6 Å². The molecule has 0 fully saturated rings. The third-order valence-electron chi connectivity index (χ3n) is 10.7. The molecule has 0 aliphatic heterocycles. The zero-order valence-corrected chi connectivity index (χ0v) is 42.9. The number of aliphatic hydroxyl groups excluding tert-OH is 1. The van der Waals surface area contributed by atoms with Crippen molar-refractivity contribution in [1.82, 2.24) is 20.4 Å². The van der Waals surface area contributed by atoms with Gasteiger partial charge in [0.2, 0.25) is 21.5 Å². The van der Waals surface area contributed by atoms with Crippen LogP contribution < -0.4 is 10.6 Å². The molecule has 1 rings (SSSR count). The Balaban J connectivity index is 3.28. The van der Waals surface area contributed by atoms with Crippen LogP contribution in [0.3, 0.4) is 0 Å². The van der Waals surface area contributed by atoms with Gasteiger partial charge >= 0.3 is 11.9 Å². The van der Waals surface area contributed by atoms with Gasteiger partial charge in [0, 0.05) is 37.0 Å². The quantitative estimate of drug-likeness (QED) is 0.0284. The number of nitrogens with one attached hydrogen (secondary N) is 2. The molecule has 0 aliphatic carbocycles. The molecule has 0 unspecified atom stereocenters. The minimum absolute atomic E-state index is 0.0126. The molecule has 0 saturated heterocycles. The van der Waals surface area contributed by atoms with Crippen molar-refractivity contribution >= 4 is 93.7 Å². The second-order valence-corrected chi connectivity index (χ2v) is 20.2. The smallest absolute Gasteiger partial charge is 0.334 e. The van der Waals surface area contributed by atoms with Crippen LogP contribution in [0.4, 0.5) is 0 Å². The van der Waals surface area contributed by atoms with Gasteiger partial charge in [-0.25, -0.2) is 9.59 Å². The summed E-state index contributed by atoms with van der Waals surface area (Å²) in [6.45, 7) is 14.8. The average Bonchev–Trinajstić information content (AvgIpc) is 3.24. The Bertz CT molecular complexity index is 1760. The zero-order chi connectivity index (χ0) is 49.1. The summed E-state index contributed by atoms with van der Waals surface area (Å²) in [5, 5.41) is 16.6. The molecule has 0 heterocycles. The van der Waals surface area contributed by atoms with Crippen LogP contribution in [0.25, 0.3) is 0 Å². The minimum Gasteiger partial charge on any atom is -0.460 e. The summed E-state index contributed by atoms with van der Waals surface area (Å²) in [6, 6.07) is 3.21. The van der Waals surface area contributed by atoms with E-state index in [9.17, 15) is 33.9 Å². The van der Waals surface area contributed by atoms with Gasteiger partial charge in [0.05, 0.1) is 24.7 Å². The van der Waals surface area contributed by atoms with Crippen LogP contribution in [-0.2, 0) is 49.4 Å². The van der Waals surface area contributed by atoms with E-state index in [0.717, 1.165) is 10.5 Å². The first-order valence-electron chi connectivity index (χ1n) is 21.2. The number of carbonyl (C=O) groups excluding carboxylic acids is 6. The Kier molecular flexibility index (Phi) is 26.6. The summed E-state index contributed by atoms with van der Waals surface area (Å²) in [6.07, 6.45) is 3.95. The van der Waals surface area contributed by atoms with Crippen molar-refractivity contribution in [2.45, 2.75) is 128 Å². The second kappa shape index (κ2) is 28.9. The number of halogens is 4. The number of rotatable bonds is 26. The first-order chi connectivity index (χ1) is 29.8. The minimum atomic E-state index is -1.86. The van der Waals surface area contributed by atoms with Crippen LogP contribution in [0.5, 0.6) is 0 Å². The summed E-state index contributed by atoms with van der Waals surface area (Å²) >= 11 is 24.8. The molecule has 8 atom stereocenters. The number of nitrogens with zero attached hydrogens (tertiary/aromatic N) is 2. The summed E-state index contributed by atoms with van der Waals surface area (Å²) in [4.78, 5) is 83.8. The van der Waals surface area contributed by atoms with Gasteiger partial charge in [-0.3, -0.25) is 19.2 Å². The van der Waals surface area contributed by atoms with Gasteiger partial charge in [0.25, 0.3) is 5.91 Å². The fraction of sp³-hybridized carbons (Fsp3) is 0.644. The number of thioether (sulfide) groups is 1. The predicted molar refractivity (Wildman–Crippen MR) is 255 cm³/mol. The van der Waals surface area contributed by atoms with E-state index in [1.807, 2.05) is 53.9 Å². The van der Waals surface area contributed by atoms with E-state index in [4.69, 9.17) is 60.6 Å². The summed E-state index contributed by atoms with van der Waals surface area (Å²) < 4.78 is 15.0. The van der Waals surface area contributed by atoms with E-state index in [1.165, 1.54) is 37.7 Å². The summed E-state index contributed by atoms with van der Waals surface area (Å²) in [5.41, 5.74) is 1.69. The first kappa shape index (κ1) is 59.0. The highest BCUT2D eigenvalue weighted by atomic mass is 35.6. The van der Waals surface area contributed by atoms with Gasteiger partial charge in [0.1, 0.15) is 24.7 Å². The van der Waals surface area contributed by atoms with E-state index >= 15 is 0 Å². The van der Waals surface area contributed by atoms with Gasteiger partial charge in [-0.2, -0.15) is 0 Å². The van der Waals surface area contributed by atoms with Crippen LogP contribution in [-0.4, -0.2) is 130 Å². The van der Waals surface area contributed by atoms with Crippen molar-refractivity contribution < 1.29 is 48.1 Å². The lowest BCUT2D eigenvalue weighted by molar-refractivity contribution is -0.154. The zero-order valence-electron chi connectivity index (χ0n) is 39.0. The lowest BCUT2D eigenvalue weighted by atomic mass is 9.90. The Morgan fingerprint density at radius 2 is 1.56 bits per heavy atom. The molecule has 64 heavy (non-hydrogen) atoms. The number of alkyl halides is 3. The molecule has 0 aliphatic rings. The number of hydrogen-bond acceptors (Lipinski definition) is 11. The van der Waals surface area contributed by atoms with Gasteiger partial charge < -0.3 is 39.8 Å². The third-order valence-corrected chi connectivity index (χ3v) is 11.7. The molecule has 1 aromatic rings. The lowest BCUT2D eigenvalue weighted by Crippen LogP contribution is -2.56. The number of benzene rings is 1. The molecule has 0 bridgehead atoms. The predicted octanol–water partition coefficient (Wildman–Crippen LogP) is 7.08. The number of allylic oxidation sites excluding steroid dienone is 1. The van der Waals surface area contributed by atoms with Crippen LogP contribution in [0, 0.1) is 17.8 Å². The number of ether oxygens (including phenoxy) is 3. The number of hydrogen-bond donors (Lipinski definition) is 3. The van der Waals surface area contributed by atoms with E-state index in [1.54, 1.807) is 44.2 Å². The highest BCUT2D eigenvalue weighted by Gasteiger charge is 2.36. The number of amides is 4. The summed E-state index contributed by atoms with van der Waals surface area (Å²) in [7, 11) is 2.79. The number of carbonyl (C=O) groups is 6. The topological polar surface area (TPSA) is 181 Å². The van der Waals surface area contributed by atoms with Gasteiger partial charge in [-0.1, -0.05) is 112 Å². The Morgan fingerprint density at radius 3 is 2.09 bits per heavy atom. The van der Waals surface area contributed by atoms with Crippen LogP contribution in [0.15, 0.2) is 47.6 Å². The molecular formula is C45H68Cl4N4O10S. The van der Waals surface area contributed by atoms with Crippen molar-refractivity contribution in [2.75, 3.05) is 39.4 Å². The molecule has 4 amide bonds. The SMILES string of the molecule is C/C=C(\C)[C@@H](O)[C@@H](C)[C@H](C/C=C(\C)C(=O)O[C@H](CC(C)C)C(=O)N[C@@H](C)C(=O)N(C)[C@H](Cc1ccc(Cl)cc1)C(=O)N(C)CC(=O)N[C@H](C(=O)OCC(Cl)(Cl)Cl)[C@H](C)CC)OCSC. The average molecular weight is 999 g/mol. The standard InChI is InChI=1S/C45H68Cl4N4O10S/c1-13-27(5)38(44(60)61-24-45(47,48)49)51-37(54)23-52(10)42(58)34(22-32-16-18-33(46)19-17-32)53(11)41(57)31(9)50-40(56)36(21-26(3)4)63-43(59)29(7)15-20-35(62-25-64-12)30(8)39(55)28(6)14-2/h14-19,26-27,30-31,34-36,38-39,55H,13,20-25H2,1-12H3,(H,50,56)(H,51,54)/b28-14+,29-15+/t27-,30+,31+,34-,35+,36-,38+,39-/m1/s1. The molecule has 0 aromatic heterocycles.